The molecule has 0 amide bonds. The lowest BCUT2D eigenvalue weighted by Gasteiger charge is -2.42. The van der Waals surface area contributed by atoms with Crippen LogP contribution < -0.4 is 9.47 Å². The van der Waals surface area contributed by atoms with E-state index in [1.54, 1.807) is 12.5 Å². The third kappa shape index (κ3) is 7.09. The molecule has 2 nitrogen and oxygen atoms in total. The summed E-state index contributed by atoms with van der Waals surface area (Å²) in [4.78, 5) is 0. The Hall–Kier alpha value is -2.36. The average Bonchev–Trinajstić information content (AvgIpc) is 2.99. The molecule has 4 atom stereocenters. The minimum absolute atomic E-state index is 0.00678. The molecule has 5 rings (SSSR count). The van der Waals surface area contributed by atoms with Crippen molar-refractivity contribution in [2.24, 2.45) is 23.7 Å². The maximum Gasteiger partial charge on any atom is 0.204 e. The van der Waals surface area contributed by atoms with Gasteiger partial charge in [0.1, 0.15) is 0 Å². The summed E-state index contributed by atoms with van der Waals surface area (Å²) in [6, 6.07) is 12.7. The van der Waals surface area contributed by atoms with Crippen molar-refractivity contribution in [2.45, 2.75) is 103 Å². The maximum absolute atomic E-state index is 14.4. The van der Waals surface area contributed by atoms with Gasteiger partial charge in [0.05, 0.1) is 13.2 Å². The molecule has 0 N–H and O–H groups in total. The van der Waals surface area contributed by atoms with E-state index in [0.29, 0.717) is 25.0 Å². The number of ether oxygens (including phenoxy) is 2. The van der Waals surface area contributed by atoms with Gasteiger partial charge < -0.3 is 9.47 Å². The zero-order chi connectivity index (χ0) is 27.9. The van der Waals surface area contributed by atoms with Crippen LogP contribution in [-0.2, 0) is 0 Å². The molecule has 0 spiro atoms. The number of halogens is 2. The van der Waals surface area contributed by atoms with Crippen molar-refractivity contribution in [1.29, 1.82) is 0 Å². The minimum Gasteiger partial charge on any atom is -0.491 e. The van der Waals surface area contributed by atoms with Crippen molar-refractivity contribution >= 4 is 0 Å². The molecule has 3 fully saturated rings. The molecule has 3 aliphatic carbocycles. The van der Waals surface area contributed by atoms with Gasteiger partial charge in [0, 0.05) is 0 Å². The molecule has 218 valence electrons. The molecule has 0 aliphatic heterocycles. The first-order valence-electron chi connectivity index (χ1n) is 16.0. The first-order chi connectivity index (χ1) is 19.6. The predicted octanol–water partition coefficient (Wildman–Crippen LogP) is 10.4. The zero-order valence-corrected chi connectivity index (χ0v) is 24.6. The molecular weight excluding hydrogens is 502 g/mol. The van der Waals surface area contributed by atoms with Crippen LogP contribution in [0, 0.1) is 35.3 Å². The van der Waals surface area contributed by atoms with Crippen molar-refractivity contribution in [3.05, 3.63) is 71.3 Å². The smallest absolute Gasteiger partial charge is 0.204 e. The Morgan fingerprint density at radius 3 is 1.95 bits per heavy atom. The topological polar surface area (TPSA) is 18.5 Å². The standard InChI is InChI=1S/C36H48F2O2/c1-3-5-6-7-25-8-11-27(12-9-25)28-14-16-29(17-15-28)31-19-18-30-22-26(10-13-32(30)23-31)24-40-34-21-20-33(39-4-2)35(37)36(34)38/h3,5,14-17,20-21,25-27,30-32H,4,6-13,18-19,22-24H2,1-2H3. The van der Waals surface area contributed by atoms with Gasteiger partial charge in [0.25, 0.3) is 0 Å². The third-order valence-electron chi connectivity index (χ3n) is 10.2. The molecule has 3 aliphatic rings. The summed E-state index contributed by atoms with van der Waals surface area (Å²) >= 11 is 0. The molecule has 0 heterocycles. The first kappa shape index (κ1) is 29.1. The van der Waals surface area contributed by atoms with Crippen LogP contribution in [0.25, 0.3) is 0 Å². The van der Waals surface area contributed by atoms with Crippen molar-refractivity contribution in [3.8, 4) is 11.5 Å². The fraction of sp³-hybridized carbons (Fsp3) is 0.611. The second-order valence-electron chi connectivity index (χ2n) is 12.7. The number of benzene rings is 2. The third-order valence-corrected chi connectivity index (χ3v) is 10.2. The molecular formula is C36H48F2O2. The molecule has 3 saturated carbocycles. The van der Waals surface area contributed by atoms with Crippen LogP contribution in [0.1, 0.15) is 114 Å². The fourth-order valence-electron chi connectivity index (χ4n) is 7.86. The maximum atomic E-state index is 14.4. The van der Waals surface area contributed by atoms with E-state index in [4.69, 9.17) is 9.47 Å². The van der Waals surface area contributed by atoms with Crippen LogP contribution >= 0.6 is 0 Å². The molecule has 2 aromatic rings. The normalized spacial score (nSPS) is 28.8. The summed E-state index contributed by atoms with van der Waals surface area (Å²) in [5.41, 5.74) is 3.08. The van der Waals surface area contributed by atoms with Gasteiger partial charge in [0.15, 0.2) is 11.5 Å². The average molecular weight is 551 g/mol. The lowest BCUT2D eigenvalue weighted by atomic mass is 9.64. The van der Waals surface area contributed by atoms with E-state index < -0.39 is 11.6 Å². The summed E-state index contributed by atoms with van der Waals surface area (Å²) in [5, 5.41) is 0. The predicted molar refractivity (Wildman–Crippen MR) is 159 cm³/mol. The SMILES string of the molecule is CC=CCCC1CCC(c2ccc(C3CCC4CC(COc5ccc(OCC)c(F)c5F)CCC4C3)cc2)CC1. The fourth-order valence-corrected chi connectivity index (χ4v) is 7.86. The van der Waals surface area contributed by atoms with Gasteiger partial charge >= 0.3 is 0 Å². The highest BCUT2D eigenvalue weighted by molar-refractivity contribution is 5.35. The van der Waals surface area contributed by atoms with Crippen LogP contribution in [0.15, 0.2) is 48.6 Å². The van der Waals surface area contributed by atoms with Crippen LogP contribution in [0.5, 0.6) is 11.5 Å². The lowest BCUT2D eigenvalue weighted by molar-refractivity contribution is 0.0901. The highest BCUT2D eigenvalue weighted by Crippen LogP contribution is 2.48. The number of hydrogen-bond donors (Lipinski definition) is 0. The van der Waals surface area contributed by atoms with E-state index in [9.17, 15) is 8.78 Å². The Kier molecular flexibility index (Phi) is 10.2. The molecule has 0 aromatic heterocycles. The van der Waals surface area contributed by atoms with E-state index in [1.165, 1.54) is 81.9 Å². The van der Waals surface area contributed by atoms with Gasteiger partial charge in [-0.3, -0.25) is 0 Å². The quantitative estimate of drug-likeness (QED) is 0.274. The minimum atomic E-state index is -0.961. The number of rotatable bonds is 10. The van der Waals surface area contributed by atoms with Crippen LogP contribution in [0.3, 0.4) is 0 Å². The lowest BCUT2D eigenvalue weighted by Crippen LogP contribution is -2.32. The van der Waals surface area contributed by atoms with Crippen molar-refractivity contribution in [2.75, 3.05) is 13.2 Å². The van der Waals surface area contributed by atoms with E-state index in [2.05, 4.69) is 43.3 Å². The highest BCUT2D eigenvalue weighted by Gasteiger charge is 2.36. The monoisotopic (exact) mass is 550 g/mol. The second kappa shape index (κ2) is 14.0. The van der Waals surface area contributed by atoms with Crippen molar-refractivity contribution in [1.82, 2.24) is 0 Å². The molecule has 4 heteroatoms. The molecule has 0 radical (unpaired) electrons. The Morgan fingerprint density at radius 2 is 1.27 bits per heavy atom. The summed E-state index contributed by atoms with van der Waals surface area (Å²) in [7, 11) is 0. The Balaban J connectivity index is 1.07. The van der Waals surface area contributed by atoms with E-state index in [1.807, 2.05) is 0 Å². The number of allylic oxidation sites excluding steroid dienone is 2. The largest absolute Gasteiger partial charge is 0.491 e. The summed E-state index contributed by atoms with van der Waals surface area (Å²) in [6.07, 6.45) is 19.8. The molecule has 0 saturated heterocycles. The molecule has 2 aromatic carbocycles. The molecule has 40 heavy (non-hydrogen) atoms. The van der Waals surface area contributed by atoms with Gasteiger partial charge in [0.2, 0.25) is 11.6 Å². The van der Waals surface area contributed by atoms with E-state index in [0.717, 1.165) is 36.5 Å². The van der Waals surface area contributed by atoms with Crippen LogP contribution in [0.2, 0.25) is 0 Å². The van der Waals surface area contributed by atoms with Gasteiger partial charge in [-0.15, -0.1) is 0 Å². The summed E-state index contributed by atoms with van der Waals surface area (Å²) in [5.74, 6) is 2.26. The first-order valence-corrected chi connectivity index (χ1v) is 16.0. The zero-order valence-electron chi connectivity index (χ0n) is 24.6. The van der Waals surface area contributed by atoms with E-state index in [-0.39, 0.29) is 11.5 Å². The summed E-state index contributed by atoms with van der Waals surface area (Å²) in [6.45, 7) is 4.62. The van der Waals surface area contributed by atoms with E-state index >= 15 is 0 Å². The van der Waals surface area contributed by atoms with Gasteiger partial charge in [-0.2, -0.15) is 8.78 Å². The van der Waals surface area contributed by atoms with Gasteiger partial charge in [-0.25, -0.2) is 0 Å². The van der Waals surface area contributed by atoms with Gasteiger partial charge in [-0.05, 0) is 150 Å². The Labute approximate surface area is 240 Å². The van der Waals surface area contributed by atoms with Gasteiger partial charge in [-0.1, -0.05) is 36.4 Å². The Bertz CT molecular complexity index is 1100. The highest BCUT2D eigenvalue weighted by atomic mass is 19.2. The van der Waals surface area contributed by atoms with Crippen LogP contribution in [0.4, 0.5) is 8.78 Å². The second-order valence-corrected chi connectivity index (χ2v) is 12.7. The summed E-state index contributed by atoms with van der Waals surface area (Å²) < 4.78 is 39.6. The number of fused-ring (bicyclic) bond motifs is 1. The van der Waals surface area contributed by atoms with Crippen molar-refractivity contribution < 1.29 is 18.3 Å². The number of hydrogen-bond acceptors (Lipinski definition) is 2. The Morgan fingerprint density at radius 1 is 0.700 bits per heavy atom. The van der Waals surface area contributed by atoms with Crippen molar-refractivity contribution in [3.63, 3.8) is 0 Å². The molecule has 0 bridgehead atoms. The van der Waals surface area contributed by atoms with Crippen LogP contribution in [-0.4, -0.2) is 13.2 Å². The molecule has 4 unspecified atom stereocenters.